The molecule has 0 radical (unpaired) electrons. The molecule has 0 spiro atoms. The van der Waals surface area contributed by atoms with Crippen LogP contribution in [-0.4, -0.2) is 44.5 Å². The maximum Gasteiger partial charge on any atom is 0.230 e. The zero-order chi connectivity index (χ0) is 17.6. The molecule has 1 aliphatic carbocycles. The number of nitrogens with one attached hydrogen (secondary N) is 2. The number of rotatable bonds is 5. The molecule has 2 N–H and O–H groups in total. The summed E-state index contributed by atoms with van der Waals surface area (Å²) in [6.07, 6.45) is 4.14. The Hall–Kier alpha value is -2.04. The Morgan fingerprint density at radius 1 is 1.21 bits per heavy atom. The smallest absolute Gasteiger partial charge is 0.230 e. The highest BCUT2D eigenvalue weighted by Crippen LogP contribution is 2.38. The molecule has 1 saturated carbocycles. The van der Waals surface area contributed by atoms with E-state index in [0.29, 0.717) is 6.54 Å². The van der Waals surface area contributed by atoms with Crippen molar-refractivity contribution in [3.63, 3.8) is 0 Å². The van der Waals surface area contributed by atoms with Crippen molar-refractivity contribution in [1.82, 2.24) is 15.5 Å². The minimum atomic E-state index is -0.288. The summed E-state index contributed by atoms with van der Waals surface area (Å²) in [5, 5.41) is 6.72. The van der Waals surface area contributed by atoms with E-state index in [-0.39, 0.29) is 11.3 Å². The van der Waals surface area contributed by atoms with Gasteiger partial charge in [-0.1, -0.05) is 37.1 Å². The molecule has 1 amide bonds. The molecule has 2 rings (SSSR count). The van der Waals surface area contributed by atoms with E-state index in [9.17, 15) is 4.79 Å². The Morgan fingerprint density at radius 2 is 1.88 bits per heavy atom. The molecule has 0 atom stereocenters. The van der Waals surface area contributed by atoms with Crippen LogP contribution in [0, 0.1) is 12.3 Å². The molecule has 0 aromatic heterocycles. The SMILES string of the molecule is CN=C(NCc1ccccc1C)NCC1(C(=O)N(C)C)CCCC1. The van der Waals surface area contributed by atoms with Gasteiger partial charge in [0.2, 0.25) is 5.91 Å². The van der Waals surface area contributed by atoms with E-state index in [1.165, 1.54) is 11.1 Å². The number of carbonyl (C=O) groups is 1. The number of guanidine groups is 1. The minimum Gasteiger partial charge on any atom is -0.355 e. The van der Waals surface area contributed by atoms with Crippen molar-refractivity contribution in [1.29, 1.82) is 0 Å². The van der Waals surface area contributed by atoms with E-state index in [0.717, 1.165) is 38.2 Å². The van der Waals surface area contributed by atoms with E-state index in [1.807, 2.05) is 26.2 Å². The summed E-state index contributed by atoms with van der Waals surface area (Å²) in [5.74, 6) is 0.970. The number of hydrogen-bond acceptors (Lipinski definition) is 2. The second kappa shape index (κ2) is 8.18. The predicted octanol–water partition coefficient (Wildman–Crippen LogP) is 2.31. The maximum absolute atomic E-state index is 12.6. The van der Waals surface area contributed by atoms with Gasteiger partial charge in [0.05, 0.1) is 5.41 Å². The summed E-state index contributed by atoms with van der Waals surface area (Å²) in [4.78, 5) is 18.6. The van der Waals surface area contributed by atoms with Crippen LogP contribution in [0.15, 0.2) is 29.3 Å². The fourth-order valence-corrected chi connectivity index (χ4v) is 3.45. The first-order chi connectivity index (χ1) is 11.5. The topological polar surface area (TPSA) is 56.7 Å². The molecule has 0 unspecified atom stereocenters. The molecule has 1 fully saturated rings. The van der Waals surface area contributed by atoms with Gasteiger partial charge in [-0.05, 0) is 30.9 Å². The molecule has 24 heavy (non-hydrogen) atoms. The van der Waals surface area contributed by atoms with Crippen molar-refractivity contribution >= 4 is 11.9 Å². The van der Waals surface area contributed by atoms with E-state index < -0.39 is 0 Å². The monoisotopic (exact) mass is 330 g/mol. The van der Waals surface area contributed by atoms with Gasteiger partial charge in [-0.2, -0.15) is 0 Å². The Bertz CT molecular complexity index is 589. The Kier molecular flexibility index (Phi) is 6.23. The number of nitrogens with zero attached hydrogens (tertiary/aromatic N) is 2. The lowest BCUT2D eigenvalue weighted by atomic mass is 9.84. The summed E-state index contributed by atoms with van der Waals surface area (Å²) in [5.41, 5.74) is 2.22. The number of amides is 1. The van der Waals surface area contributed by atoms with E-state index in [1.54, 1.807) is 11.9 Å². The summed E-state index contributed by atoms with van der Waals surface area (Å²) >= 11 is 0. The number of benzene rings is 1. The Labute approximate surface area is 145 Å². The van der Waals surface area contributed by atoms with Gasteiger partial charge in [-0.15, -0.1) is 0 Å². The normalized spacial score (nSPS) is 16.8. The van der Waals surface area contributed by atoms with Crippen LogP contribution in [0.5, 0.6) is 0 Å². The molecule has 0 heterocycles. The summed E-state index contributed by atoms with van der Waals surface area (Å²) in [6, 6.07) is 8.31. The maximum atomic E-state index is 12.6. The van der Waals surface area contributed by atoms with Crippen LogP contribution >= 0.6 is 0 Å². The molecular formula is C19H30N4O. The third-order valence-electron chi connectivity index (χ3n) is 4.95. The molecule has 132 valence electrons. The van der Waals surface area contributed by atoms with Gasteiger partial charge in [0.1, 0.15) is 0 Å². The second-order valence-corrected chi connectivity index (χ2v) is 6.89. The van der Waals surface area contributed by atoms with Crippen LogP contribution in [0.25, 0.3) is 0 Å². The third-order valence-corrected chi connectivity index (χ3v) is 4.95. The zero-order valence-electron chi connectivity index (χ0n) is 15.4. The van der Waals surface area contributed by atoms with Crippen molar-refractivity contribution in [3.05, 3.63) is 35.4 Å². The Morgan fingerprint density at radius 3 is 2.46 bits per heavy atom. The van der Waals surface area contributed by atoms with Gasteiger partial charge in [-0.3, -0.25) is 9.79 Å². The quantitative estimate of drug-likeness (QED) is 0.643. The predicted molar refractivity (Wildman–Crippen MR) is 99.0 cm³/mol. The van der Waals surface area contributed by atoms with E-state index >= 15 is 0 Å². The van der Waals surface area contributed by atoms with Gasteiger partial charge in [-0.25, -0.2) is 0 Å². The molecular weight excluding hydrogens is 300 g/mol. The third kappa shape index (κ3) is 4.28. The van der Waals surface area contributed by atoms with Crippen molar-refractivity contribution in [2.45, 2.75) is 39.2 Å². The first-order valence-corrected chi connectivity index (χ1v) is 8.69. The van der Waals surface area contributed by atoms with Gasteiger partial charge in [0.15, 0.2) is 5.96 Å². The lowest BCUT2D eigenvalue weighted by Gasteiger charge is -2.31. The van der Waals surface area contributed by atoms with Crippen LogP contribution in [-0.2, 0) is 11.3 Å². The highest BCUT2D eigenvalue weighted by molar-refractivity contribution is 5.85. The van der Waals surface area contributed by atoms with Gasteiger partial charge < -0.3 is 15.5 Å². The minimum absolute atomic E-state index is 0.224. The van der Waals surface area contributed by atoms with Crippen LogP contribution in [0.2, 0.25) is 0 Å². The number of aryl methyl sites for hydroxylation is 1. The number of hydrogen-bond donors (Lipinski definition) is 2. The summed E-state index contributed by atoms with van der Waals surface area (Å²) < 4.78 is 0. The van der Waals surface area contributed by atoms with Gasteiger partial charge in [0.25, 0.3) is 0 Å². The molecule has 1 aromatic carbocycles. The van der Waals surface area contributed by atoms with Crippen LogP contribution < -0.4 is 10.6 Å². The van der Waals surface area contributed by atoms with Crippen LogP contribution in [0.4, 0.5) is 0 Å². The average Bonchev–Trinajstić information content (AvgIpc) is 3.05. The lowest BCUT2D eigenvalue weighted by Crippen LogP contribution is -2.49. The van der Waals surface area contributed by atoms with Crippen LogP contribution in [0.3, 0.4) is 0 Å². The lowest BCUT2D eigenvalue weighted by molar-refractivity contribution is -0.138. The molecule has 0 aliphatic heterocycles. The largest absolute Gasteiger partial charge is 0.355 e. The van der Waals surface area contributed by atoms with E-state index in [4.69, 9.17) is 0 Å². The van der Waals surface area contributed by atoms with Crippen LogP contribution in [0.1, 0.15) is 36.8 Å². The van der Waals surface area contributed by atoms with Crippen molar-refractivity contribution in [2.75, 3.05) is 27.7 Å². The second-order valence-electron chi connectivity index (χ2n) is 6.89. The standard InChI is InChI=1S/C19H30N4O/c1-15-9-5-6-10-16(15)13-21-18(20-2)22-14-19(11-7-8-12-19)17(24)23(3)4/h5-6,9-10H,7-8,11-14H2,1-4H3,(H2,20,21,22). The molecule has 5 heteroatoms. The van der Waals surface area contributed by atoms with Crippen molar-refractivity contribution < 1.29 is 4.79 Å². The molecule has 1 aromatic rings. The van der Waals surface area contributed by atoms with Crippen molar-refractivity contribution in [2.24, 2.45) is 10.4 Å². The van der Waals surface area contributed by atoms with Gasteiger partial charge in [0, 0.05) is 34.2 Å². The number of aliphatic imine (C=N–C) groups is 1. The van der Waals surface area contributed by atoms with Crippen molar-refractivity contribution in [3.8, 4) is 0 Å². The molecule has 0 bridgehead atoms. The van der Waals surface area contributed by atoms with E-state index in [2.05, 4.69) is 34.7 Å². The Balaban J connectivity index is 1.95. The van der Waals surface area contributed by atoms with Gasteiger partial charge >= 0.3 is 0 Å². The number of carbonyl (C=O) groups excluding carboxylic acids is 1. The summed E-state index contributed by atoms with van der Waals surface area (Å²) in [6.45, 7) is 3.47. The average molecular weight is 330 g/mol. The molecule has 0 saturated heterocycles. The molecule has 1 aliphatic rings. The fourth-order valence-electron chi connectivity index (χ4n) is 3.45. The molecule has 5 nitrogen and oxygen atoms in total. The first kappa shape index (κ1) is 18.3. The highest BCUT2D eigenvalue weighted by atomic mass is 16.2. The first-order valence-electron chi connectivity index (χ1n) is 8.69. The fraction of sp³-hybridized carbons (Fsp3) is 0.579. The highest BCUT2D eigenvalue weighted by Gasteiger charge is 2.42. The zero-order valence-corrected chi connectivity index (χ0v) is 15.4. The summed E-state index contributed by atoms with van der Waals surface area (Å²) in [7, 11) is 5.45.